The quantitative estimate of drug-likeness (QED) is 0.509. The van der Waals surface area contributed by atoms with Crippen LogP contribution in [0, 0.1) is 0 Å². The average molecular weight is 349 g/mol. The highest BCUT2D eigenvalue weighted by Crippen LogP contribution is 2.37. The fourth-order valence-electron chi connectivity index (χ4n) is 3.45. The van der Waals surface area contributed by atoms with Crippen molar-refractivity contribution in [1.82, 2.24) is 4.98 Å². The van der Waals surface area contributed by atoms with Crippen LogP contribution in [0.4, 0.5) is 17.1 Å². The minimum atomic E-state index is -0.122. The number of pyridine rings is 1. The van der Waals surface area contributed by atoms with Crippen LogP contribution in [0.25, 0.3) is 10.9 Å². The summed E-state index contributed by atoms with van der Waals surface area (Å²) in [5.74, 6) is -0.122. The van der Waals surface area contributed by atoms with Gasteiger partial charge in [-0.1, -0.05) is 42.5 Å². The van der Waals surface area contributed by atoms with Crippen LogP contribution in [0.3, 0.4) is 0 Å². The maximum atomic E-state index is 13.3. The Morgan fingerprint density at radius 1 is 0.778 bits per heavy atom. The number of aromatic nitrogens is 1. The molecule has 27 heavy (non-hydrogen) atoms. The van der Waals surface area contributed by atoms with E-state index in [1.165, 1.54) is 0 Å². The van der Waals surface area contributed by atoms with Crippen molar-refractivity contribution >= 4 is 39.6 Å². The van der Waals surface area contributed by atoms with E-state index in [1.54, 1.807) is 11.1 Å². The molecule has 0 N–H and O–H groups in total. The van der Waals surface area contributed by atoms with Gasteiger partial charge in [-0.25, -0.2) is 4.99 Å². The lowest BCUT2D eigenvalue weighted by Crippen LogP contribution is -2.25. The highest BCUT2D eigenvalue weighted by Gasteiger charge is 2.34. The first kappa shape index (κ1) is 15.5. The molecule has 4 heteroatoms. The molecule has 0 saturated heterocycles. The molecule has 2 heterocycles. The van der Waals surface area contributed by atoms with Crippen molar-refractivity contribution in [2.75, 3.05) is 4.90 Å². The van der Waals surface area contributed by atoms with Gasteiger partial charge < -0.3 is 0 Å². The first-order valence-corrected chi connectivity index (χ1v) is 8.74. The second-order valence-corrected chi connectivity index (χ2v) is 6.30. The van der Waals surface area contributed by atoms with Crippen LogP contribution >= 0.6 is 0 Å². The number of hydrogen-bond acceptors (Lipinski definition) is 3. The zero-order chi connectivity index (χ0) is 18.2. The van der Waals surface area contributed by atoms with Crippen molar-refractivity contribution in [2.45, 2.75) is 0 Å². The van der Waals surface area contributed by atoms with Crippen LogP contribution in [0.1, 0.15) is 5.56 Å². The molecule has 3 aromatic carbocycles. The predicted molar refractivity (Wildman–Crippen MR) is 108 cm³/mol. The molecule has 0 bridgehead atoms. The number of carbonyl (C=O) groups is 1. The highest BCUT2D eigenvalue weighted by atomic mass is 16.2. The Balaban J connectivity index is 1.71. The van der Waals surface area contributed by atoms with Crippen molar-refractivity contribution in [3.05, 3.63) is 96.7 Å². The second-order valence-electron chi connectivity index (χ2n) is 6.30. The summed E-state index contributed by atoms with van der Waals surface area (Å²) >= 11 is 0. The molecule has 4 aromatic rings. The van der Waals surface area contributed by atoms with Gasteiger partial charge in [0, 0.05) is 22.8 Å². The van der Waals surface area contributed by atoms with Gasteiger partial charge in [-0.15, -0.1) is 0 Å². The number of fused-ring (bicyclic) bond motifs is 2. The Morgan fingerprint density at radius 2 is 1.59 bits per heavy atom. The zero-order valence-corrected chi connectivity index (χ0v) is 14.4. The number of anilines is 2. The topological polar surface area (TPSA) is 45.6 Å². The summed E-state index contributed by atoms with van der Waals surface area (Å²) in [5, 5.41) is 0.927. The lowest BCUT2D eigenvalue weighted by atomic mass is 10.1. The standard InChI is InChI=1S/C23H15N3O/c27-23-22(25-20-13-6-12-19-17(20)11-7-15-24-19)18-10-4-5-14-21(18)26(23)16-8-2-1-3-9-16/h1-15H. The van der Waals surface area contributed by atoms with E-state index in [0.29, 0.717) is 5.71 Å². The molecule has 0 spiro atoms. The van der Waals surface area contributed by atoms with Gasteiger partial charge in [0.15, 0.2) is 0 Å². The summed E-state index contributed by atoms with van der Waals surface area (Å²) in [5.41, 5.74) is 4.58. The van der Waals surface area contributed by atoms with Gasteiger partial charge in [0.25, 0.3) is 5.91 Å². The van der Waals surface area contributed by atoms with Gasteiger partial charge in [-0.3, -0.25) is 14.7 Å². The molecule has 1 aliphatic heterocycles. The highest BCUT2D eigenvalue weighted by molar-refractivity contribution is 6.56. The summed E-state index contributed by atoms with van der Waals surface area (Å²) in [6.45, 7) is 0. The fourth-order valence-corrected chi connectivity index (χ4v) is 3.45. The van der Waals surface area contributed by atoms with E-state index in [0.717, 1.165) is 33.5 Å². The van der Waals surface area contributed by atoms with E-state index in [2.05, 4.69) is 4.98 Å². The monoisotopic (exact) mass is 349 g/mol. The molecule has 4 nitrogen and oxygen atoms in total. The lowest BCUT2D eigenvalue weighted by molar-refractivity contribution is -0.111. The first-order chi connectivity index (χ1) is 13.3. The van der Waals surface area contributed by atoms with Crippen LogP contribution in [0.2, 0.25) is 0 Å². The predicted octanol–water partition coefficient (Wildman–Crippen LogP) is 5.03. The number of para-hydroxylation sites is 2. The molecule has 5 rings (SSSR count). The number of aliphatic imine (C=N–C) groups is 1. The molecule has 1 aromatic heterocycles. The number of carbonyl (C=O) groups excluding carboxylic acids is 1. The van der Waals surface area contributed by atoms with Crippen LogP contribution in [-0.2, 0) is 4.79 Å². The van der Waals surface area contributed by atoms with Crippen LogP contribution in [0.5, 0.6) is 0 Å². The van der Waals surface area contributed by atoms with E-state index in [9.17, 15) is 4.79 Å². The van der Waals surface area contributed by atoms with Gasteiger partial charge in [-0.2, -0.15) is 0 Å². The van der Waals surface area contributed by atoms with Gasteiger partial charge in [0.05, 0.1) is 16.9 Å². The van der Waals surface area contributed by atoms with Gasteiger partial charge in [0.1, 0.15) is 5.71 Å². The van der Waals surface area contributed by atoms with Crippen molar-refractivity contribution in [3.63, 3.8) is 0 Å². The van der Waals surface area contributed by atoms with E-state index >= 15 is 0 Å². The molecule has 1 amide bonds. The van der Waals surface area contributed by atoms with Gasteiger partial charge in [-0.05, 0) is 42.5 Å². The number of hydrogen-bond donors (Lipinski definition) is 0. The molecule has 1 aliphatic rings. The van der Waals surface area contributed by atoms with Gasteiger partial charge >= 0.3 is 0 Å². The minimum absolute atomic E-state index is 0.122. The summed E-state index contributed by atoms with van der Waals surface area (Å²) in [6.07, 6.45) is 1.76. The normalized spacial score (nSPS) is 14.7. The van der Waals surface area contributed by atoms with Crippen molar-refractivity contribution in [2.24, 2.45) is 4.99 Å². The SMILES string of the molecule is O=C1C(=Nc2cccc3ncccc23)c2ccccc2N1c1ccccc1. The summed E-state index contributed by atoms with van der Waals surface area (Å²) in [7, 11) is 0. The van der Waals surface area contributed by atoms with Crippen molar-refractivity contribution < 1.29 is 4.79 Å². The summed E-state index contributed by atoms with van der Waals surface area (Å²) in [4.78, 5) is 24.2. The van der Waals surface area contributed by atoms with E-state index in [-0.39, 0.29) is 5.91 Å². The third kappa shape index (κ3) is 2.50. The molecule has 0 aliphatic carbocycles. The minimum Gasteiger partial charge on any atom is -0.275 e. The molecule has 0 atom stereocenters. The molecular formula is C23H15N3O. The average Bonchev–Trinajstić information content (AvgIpc) is 3.00. The summed E-state index contributed by atoms with van der Waals surface area (Å²) < 4.78 is 0. The van der Waals surface area contributed by atoms with Gasteiger partial charge in [0.2, 0.25) is 0 Å². The number of amides is 1. The van der Waals surface area contributed by atoms with E-state index in [4.69, 9.17) is 4.99 Å². The Morgan fingerprint density at radius 3 is 2.48 bits per heavy atom. The zero-order valence-electron chi connectivity index (χ0n) is 14.4. The molecule has 0 saturated carbocycles. The Kier molecular flexibility index (Phi) is 3.54. The third-order valence-corrected chi connectivity index (χ3v) is 4.68. The Labute approximate surface area is 156 Å². The third-order valence-electron chi connectivity index (χ3n) is 4.68. The maximum absolute atomic E-state index is 13.3. The van der Waals surface area contributed by atoms with Crippen LogP contribution in [-0.4, -0.2) is 16.6 Å². The van der Waals surface area contributed by atoms with E-state index in [1.807, 2.05) is 84.9 Å². The summed E-state index contributed by atoms with van der Waals surface area (Å²) in [6, 6.07) is 27.0. The van der Waals surface area contributed by atoms with Crippen LogP contribution in [0.15, 0.2) is 96.1 Å². The van der Waals surface area contributed by atoms with Crippen molar-refractivity contribution in [1.29, 1.82) is 0 Å². The second kappa shape index (κ2) is 6.18. The Hall–Kier alpha value is -3.79. The van der Waals surface area contributed by atoms with E-state index < -0.39 is 0 Å². The first-order valence-electron chi connectivity index (χ1n) is 8.74. The number of benzene rings is 3. The molecule has 0 unspecified atom stereocenters. The smallest absolute Gasteiger partial charge is 0.275 e. The maximum Gasteiger partial charge on any atom is 0.282 e. The number of nitrogens with zero attached hydrogens (tertiary/aromatic N) is 3. The molecule has 128 valence electrons. The molecule has 0 fully saturated rings. The molecule has 0 radical (unpaired) electrons. The van der Waals surface area contributed by atoms with Crippen LogP contribution < -0.4 is 4.90 Å². The lowest BCUT2D eigenvalue weighted by Gasteiger charge is -2.16. The molecular weight excluding hydrogens is 334 g/mol. The number of rotatable bonds is 2. The fraction of sp³-hybridized carbons (Fsp3) is 0. The largest absolute Gasteiger partial charge is 0.282 e. The van der Waals surface area contributed by atoms with Crippen molar-refractivity contribution in [3.8, 4) is 0 Å². The Bertz CT molecular complexity index is 1190.